The number of hydrogen-bond acceptors (Lipinski definition) is 3. The number of rotatable bonds is 8. The van der Waals surface area contributed by atoms with Gasteiger partial charge < -0.3 is 10.6 Å². The molecule has 122 valence electrons. The molecule has 0 aliphatic rings. The summed E-state index contributed by atoms with van der Waals surface area (Å²) in [6.07, 6.45) is 6.88. The fourth-order valence-electron chi connectivity index (χ4n) is 2.35. The van der Waals surface area contributed by atoms with E-state index in [4.69, 9.17) is 0 Å². The normalized spacial score (nSPS) is 10.3. The molecule has 1 heterocycles. The predicted molar refractivity (Wildman–Crippen MR) is 94.6 cm³/mol. The summed E-state index contributed by atoms with van der Waals surface area (Å²) in [5.41, 5.74) is 3.78. The second-order valence-corrected chi connectivity index (χ2v) is 5.71. The fourth-order valence-corrected chi connectivity index (χ4v) is 2.35. The van der Waals surface area contributed by atoms with Gasteiger partial charge in [-0.1, -0.05) is 44.0 Å². The molecule has 1 aromatic carbocycles. The third kappa shape index (κ3) is 5.40. The molecule has 1 aromatic heterocycles. The first kappa shape index (κ1) is 17.0. The lowest BCUT2D eigenvalue weighted by atomic mass is 10.1. The van der Waals surface area contributed by atoms with Crippen LogP contribution in [0.3, 0.4) is 0 Å². The van der Waals surface area contributed by atoms with Gasteiger partial charge in [0, 0.05) is 25.5 Å². The number of aryl methyl sites for hydroxylation is 1. The Kier molecular flexibility index (Phi) is 6.60. The largest absolute Gasteiger partial charge is 0.384 e. The SMILES string of the molecule is CCCCCNc1cncc(C(=O)NCc2ccccc2C)c1. The zero-order valence-electron chi connectivity index (χ0n) is 13.9. The average molecular weight is 311 g/mol. The van der Waals surface area contributed by atoms with E-state index < -0.39 is 0 Å². The van der Waals surface area contributed by atoms with E-state index in [9.17, 15) is 4.79 Å². The molecule has 0 unspecified atom stereocenters. The van der Waals surface area contributed by atoms with Gasteiger partial charge in [0.1, 0.15) is 0 Å². The maximum Gasteiger partial charge on any atom is 0.253 e. The lowest BCUT2D eigenvalue weighted by Gasteiger charge is -2.09. The standard InChI is InChI=1S/C19H25N3O/c1-3-4-7-10-21-18-11-17(12-20-14-18)19(23)22-13-16-9-6-5-8-15(16)2/h5-6,8-9,11-12,14,21H,3-4,7,10,13H2,1-2H3,(H,22,23). The van der Waals surface area contributed by atoms with Crippen molar-refractivity contribution >= 4 is 11.6 Å². The van der Waals surface area contributed by atoms with Crippen LogP contribution in [0.25, 0.3) is 0 Å². The minimum absolute atomic E-state index is 0.0991. The molecule has 0 saturated carbocycles. The van der Waals surface area contributed by atoms with Crippen molar-refractivity contribution in [2.45, 2.75) is 39.7 Å². The van der Waals surface area contributed by atoms with Crippen LogP contribution < -0.4 is 10.6 Å². The highest BCUT2D eigenvalue weighted by Gasteiger charge is 2.07. The Morgan fingerprint density at radius 2 is 2.00 bits per heavy atom. The van der Waals surface area contributed by atoms with Crippen LogP contribution in [0.4, 0.5) is 5.69 Å². The molecule has 2 rings (SSSR count). The number of anilines is 1. The van der Waals surface area contributed by atoms with Crippen LogP contribution in [0.1, 0.15) is 47.7 Å². The molecule has 4 heteroatoms. The van der Waals surface area contributed by atoms with Crippen LogP contribution in [0.2, 0.25) is 0 Å². The van der Waals surface area contributed by atoms with Crippen LogP contribution in [0, 0.1) is 6.92 Å². The topological polar surface area (TPSA) is 54.0 Å². The van der Waals surface area contributed by atoms with E-state index in [2.05, 4.69) is 22.5 Å². The van der Waals surface area contributed by atoms with Gasteiger partial charge in [0.25, 0.3) is 5.91 Å². The van der Waals surface area contributed by atoms with Crippen molar-refractivity contribution in [2.24, 2.45) is 0 Å². The first-order valence-electron chi connectivity index (χ1n) is 8.22. The van der Waals surface area contributed by atoms with Crippen molar-refractivity contribution in [1.29, 1.82) is 0 Å². The van der Waals surface area contributed by atoms with Crippen molar-refractivity contribution in [2.75, 3.05) is 11.9 Å². The molecule has 2 N–H and O–H groups in total. The monoisotopic (exact) mass is 311 g/mol. The molecule has 1 amide bonds. The summed E-state index contributed by atoms with van der Waals surface area (Å²) in [6.45, 7) is 5.66. The molecular weight excluding hydrogens is 286 g/mol. The second kappa shape index (κ2) is 8.93. The van der Waals surface area contributed by atoms with Crippen LogP contribution >= 0.6 is 0 Å². The molecule has 0 radical (unpaired) electrons. The summed E-state index contributed by atoms with van der Waals surface area (Å²) in [4.78, 5) is 16.4. The van der Waals surface area contributed by atoms with E-state index in [1.54, 1.807) is 12.4 Å². The summed E-state index contributed by atoms with van der Waals surface area (Å²) < 4.78 is 0. The highest BCUT2D eigenvalue weighted by molar-refractivity contribution is 5.94. The van der Waals surface area contributed by atoms with Gasteiger partial charge in [0.15, 0.2) is 0 Å². The van der Waals surface area contributed by atoms with E-state index in [1.165, 1.54) is 18.4 Å². The Morgan fingerprint density at radius 1 is 1.17 bits per heavy atom. The fraction of sp³-hybridized carbons (Fsp3) is 0.368. The van der Waals surface area contributed by atoms with Crippen molar-refractivity contribution in [3.05, 3.63) is 59.4 Å². The minimum Gasteiger partial charge on any atom is -0.384 e. The molecule has 0 aliphatic heterocycles. The summed E-state index contributed by atoms with van der Waals surface area (Å²) >= 11 is 0. The first-order valence-corrected chi connectivity index (χ1v) is 8.22. The molecule has 0 saturated heterocycles. The molecule has 23 heavy (non-hydrogen) atoms. The molecule has 0 aliphatic carbocycles. The van der Waals surface area contributed by atoms with Gasteiger partial charge in [-0.05, 0) is 30.5 Å². The van der Waals surface area contributed by atoms with E-state index in [0.29, 0.717) is 12.1 Å². The number of amides is 1. The van der Waals surface area contributed by atoms with Crippen LogP contribution in [0.5, 0.6) is 0 Å². The Labute approximate surface area is 138 Å². The highest BCUT2D eigenvalue weighted by Crippen LogP contribution is 2.10. The molecule has 0 fully saturated rings. The van der Waals surface area contributed by atoms with Gasteiger partial charge in [0.05, 0.1) is 11.3 Å². The van der Waals surface area contributed by atoms with Crippen LogP contribution in [-0.4, -0.2) is 17.4 Å². The van der Waals surface area contributed by atoms with Gasteiger partial charge in [0.2, 0.25) is 0 Å². The van der Waals surface area contributed by atoms with Crippen molar-refractivity contribution in [1.82, 2.24) is 10.3 Å². The summed E-state index contributed by atoms with van der Waals surface area (Å²) in [7, 11) is 0. The second-order valence-electron chi connectivity index (χ2n) is 5.71. The number of pyridine rings is 1. The number of carbonyl (C=O) groups is 1. The highest BCUT2D eigenvalue weighted by atomic mass is 16.1. The van der Waals surface area contributed by atoms with Gasteiger partial charge >= 0.3 is 0 Å². The number of nitrogens with zero attached hydrogens (tertiary/aromatic N) is 1. The van der Waals surface area contributed by atoms with Gasteiger partial charge in [-0.3, -0.25) is 9.78 Å². The predicted octanol–water partition coefficient (Wildman–Crippen LogP) is 3.92. The number of nitrogens with one attached hydrogen (secondary N) is 2. The van der Waals surface area contributed by atoms with Crippen LogP contribution in [0.15, 0.2) is 42.7 Å². The van der Waals surface area contributed by atoms with Gasteiger partial charge in [-0.25, -0.2) is 0 Å². The molecular formula is C19H25N3O. The Balaban J connectivity index is 1.90. The lowest BCUT2D eigenvalue weighted by Crippen LogP contribution is -2.23. The van der Waals surface area contributed by atoms with E-state index in [1.807, 2.05) is 37.3 Å². The molecule has 0 spiro atoms. The van der Waals surface area contributed by atoms with Crippen molar-refractivity contribution in [3.8, 4) is 0 Å². The first-order chi connectivity index (χ1) is 11.2. The Morgan fingerprint density at radius 3 is 2.78 bits per heavy atom. The third-order valence-corrected chi connectivity index (χ3v) is 3.81. The Bertz CT molecular complexity index is 640. The molecule has 4 nitrogen and oxygen atoms in total. The number of unbranched alkanes of at least 4 members (excludes halogenated alkanes) is 2. The van der Waals surface area contributed by atoms with Gasteiger partial charge in [-0.2, -0.15) is 0 Å². The number of hydrogen-bond donors (Lipinski definition) is 2. The molecule has 0 bridgehead atoms. The van der Waals surface area contributed by atoms with E-state index >= 15 is 0 Å². The minimum atomic E-state index is -0.0991. The van der Waals surface area contributed by atoms with E-state index in [-0.39, 0.29) is 5.91 Å². The summed E-state index contributed by atoms with van der Waals surface area (Å²) in [6, 6.07) is 9.91. The molecule has 2 aromatic rings. The number of benzene rings is 1. The third-order valence-electron chi connectivity index (χ3n) is 3.81. The quantitative estimate of drug-likeness (QED) is 0.726. The van der Waals surface area contributed by atoms with Crippen LogP contribution in [-0.2, 0) is 6.54 Å². The van der Waals surface area contributed by atoms with Gasteiger partial charge in [-0.15, -0.1) is 0 Å². The lowest BCUT2D eigenvalue weighted by molar-refractivity contribution is 0.0950. The van der Waals surface area contributed by atoms with Crippen molar-refractivity contribution < 1.29 is 4.79 Å². The zero-order valence-corrected chi connectivity index (χ0v) is 13.9. The number of aromatic nitrogens is 1. The smallest absolute Gasteiger partial charge is 0.253 e. The van der Waals surface area contributed by atoms with Crippen molar-refractivity contribution in [3.63, 3.8) is 0 Å². The number of carbonyl (C=O) groups excluding carboxylic acids is 1. The maximum atomic E-state index is 12.3. The maximum absolute atomic E-state index is 12.3. The Hall–Kier alpha value is -2.36. The molecule has 0 atom stereocenters. The summed E-state index contributed by atoms with van der Waals surface area (Å²) in [5, 5.41) is 6.27. The summed E-state index contributed by atoms with van der Waals surface area (Å²) in [5.74, 6) is -0.0991. The van der Waals surface area contributed by atoms with E-state index in [0.717, 1.165) is 24.2 Å². The average Bonchev–Trinajstić information content (AvgIpc) is 2.58. The zero-order chi connectivity index (χ0) is 16.5.